The first kappa shape index (κ1) is 10.7. The van der Waals surface area contributed by atoms with Gasteiger partial charge in [-0.15, -0.1) is 0 Å². The molecule has 82 valence electrons. The van der Waals surface area contributed by atoms with E-state index in [1.54, 1.807) is 6.92 Å². The zero-order valence-corrected chi connectivity index (χ0v) is 9.24. The Hall–Kier alpha value is -0.860. The maximum atomic E-state index is 9.41. The summed E-state index contributed by atoms with van der Waals surface area (Å²) in [4.78, 5) is 0. The first-order valence-corrected chi connectivity index (χ1v) is 5.76. The zero-order valence-electron chi connectivity index (χ0n) is 9.24. The fourth-order valence-electron chi connectivity index (χ4n) is 2.20. The van der Waals surface area contributed by atoms with E-state index in [1.807, 2.05) is 12.1 Å². The fourth-order valence-corrected chi connectivity index (χ4v) is 2.20. The highest BCUT2D eigenvalue weighted by molar-refractivity contribution is 5.26. The van der Waals surface area contributed by atoms with E-state index in [1.165, 1.54) is 18.4 Å². The maximum absolute atomic E-state index is 9.41. The third-order valence-electron chi connectivity index (χ3n) is 3.23. The van der Waals surface area contributed by atoms with E-state index < -0.39 is 0 Å². The number of aliphatic hydroxyl groups is 1. The molecule has 1 aliphatic heterocycles. The van der Waals surface area contributed by atoms with Crippen LogP contribution in [0.5, 0.6) is 0 Å². The molecule has 1 saturated heterocycles. The minimum Gasteiger partial charge on any atom is -0.389 e. The van der Waals surface area contributed by atoms with Gasteiger partial charge in [0.15, 0.2) is 0 Å². The topological polar surface area (TPSA) is 32.3 Å². The van der Waals surface area contributed by atoms with E-state index in [0.717, 1.165) is 18.7 Å². The fraction of sp³-hybridized carbons (Fsp3) is 0.538. The summed E-state index contributed by atoms with van der Waals surface area (Å²) in [5, 5.41) is 12.8. The number of nitrogens with one attached hydrogen (secondary N) is 1. The third-order valence-corrected chi connectivity index (χ3v) is 3.23. The Morgan fingerprint density at radius 1 is 1.20 bits per heavy atom. The molecule has 1 fully saturated rings. The van der Waals surface area contributed by atoms with Crippen molar-refractivity contribution in [2.24, 2.45) is 0 Å². The molecule has 2 N–H and O–H groups in total. The van der Waals surface area contributed by atoms with Gasteiger partial charge in [0.25, 0.3) is 0 Å². The Balaban J connectivity index is 2.08. The first-order valence-electron chi connectivity index (χ1n) is 5.76. The highest BCUT2D eigenvalue weighted by Crippen LogP contribution is 2.26. The van der Waals surface area contributed by atoms with E-state index in [9.17, 15) is 5.11 Å². The molecule has 1 heterocycles. The van der Waals surface area contributed by atoms with Crippen molar-refractivity contribution in [1.29, 1.82) is 0 Å². The van der Waals surface area contributed by atoms with Crippen LogP contribution < -0.4 is 5.32 Å². The number of rotatable bonds is 2. The highest BCUT2D eigenvalue weighted by atomic mass is 16.3. The maximum Gasteiger partial charge on any atom is 0.0761 e. The number of aliphatic hydroxyl groups excluding tert-OH is 1. The Labute approximate surface area is 91.3 Å². The molecular weight excluding hydrogens is 186 g/mol. The molecule has 1 aromatic carbocycles. The van der Waals surface area contributed by atoms with Crippen molar-refractivity contribution < 1.29 is 5.11 Å². The Morgan fingerprint density at radius 3 is 2.33 bits per heavy atom. The zero-order chi connectivity index (χ0) is 10.7. The lowest BCUT2D eigenvalue weighted by atomic mass is 9.89. The van der Waals surface area contributed by atoms with Crippen molar-refractivity contribution in [2.75, 3.05) is 13.1 Å². The average Bonchev–Trinajstić information content (AvgIpc) is 2.30. The third kappa shape index (κ3) is 2.58. The van der Waals surface area contributed by atoms with Crippen molar-refractivity contribution in [1.82, 2.24) is 5.32 Å². The minimum atomic E-state index is -0.355. The number of hydrogen-bond acceptors (Lipinski definition) is 2. The molecule has 0 bridgehead atoms. The average molecular weight is 205 g/mol. The van der Waals surface area contributed by atoms with Crippen LogP contribution in [0.1, 0.15) is 42.9 Å². The van der Waals surface area contributed by atoms with Crippen LogP contribution >= 0.6 is 0 Å². The van der Waals surface area contributed by atoms with Gasteiger partial charge in [-0.25, -0.2) is 0 Å². The van der Waals surface area contributed by atoms with Gasteiger partial charge in [0.05, 0.1) is 6.10 Å². The van der Waals surface area contributed by atoms with Crippen molar-refractivity contribution in [3.63, 3.8) is 0 Å². The Kier molecular flexibility index (Phi) is 3.39. The smallest absolute Gasteiger partial charge is 0.0761 e. The standard InChI is InChI=1S/C13H19NO/c1-10(15)11-2-4-12(5-3-11)13-6-8-14-9-7-13/h2-5,10,13-15H,6-9H2,1H3/t10-/m1/s1. The lowest BCUT2D eigenvalue weighted by molar-refractivity contribution is 0.199. The molecule has 0 radical (unpaired) electrons. The second-order valence-electron chi connectivity index (χ2n) is 4.37. The molecule has 0 unspecified atom stereocenters. The van der Waals surface area contributed by atoms with Crippen LogP contribution in [0.3, 0.4) is 0 Å². The van der Waals surface area contributed by atoms with Crippen molar-refractivity contribution in [3.05, 3.63) is 35.4 Å². The predicted octanol–water partition coefficient (Wildman–Crippen LogP) is 2.21. The molecule has 2 heteroatoms. The quantitative estimate of drug-likeness (QED) is 0.776. The van der Waals surface area contributed by atoms with Crippen molar-refractivity contribution >= 4 is 0 Å². The summed E-state index contributed by atoms with van der Waals surface area (Å²) >= 11 is 0. The van der Waals surface area contributed by atoms with Crippen LogP contribution in [0, 0.1) is 0 Å². The molecule has 2 rings (SSSR count). The van der Waals surface area contributed by atoms with Gasteiger partial charge in [-0.05, 0) is 49.9 Å². The van der Waals surface area contributed by atoms with E-state index >= 15 is 0 Å². The van der Waals surface area contributed by atoms with Gasteiger partial charge in [0.2, 0.25) is 0 Å². The molecular formula is C13H19NO. The summed E-state index contributed by atoms with van der Waals surface area (Å²) < 4.78 is 0. The van der Waals surface area contributed by atoms with Crippen LogP contribution in [0.2, 0.25) is 0 Å². The SMILES string of the molecule is C[C@@H](O)c1ccc(C2CCNCC2)cc1. The number of piperidine rings is 1. The molecule has 1 atom stereocenters. The molecule has 2 nitrogen and oxygen atoms in total. The summed E-state index contributed by atoms with van der Waals surface area (Å²) in [6, 6.07) is 8.42. The van der Waals surface area contributed by atoms with E-state index in [4.69, 9.17) is 0 Å². The highest BCUT2D eigenvalue weighted by Gasteiger charge is 2.14. The lowest BCUT2D eigenvalue weighted by Gasteiger charge is -2.23. The normalized spacial score (nSPS) is 20.1. The van der Waals surface area contributed by atoms with Gasteiger partial charge < -0.3 is 10.4 Å². The molecule has 0 amide bonds. The Morgan fingerprint density at radius 2 is 1.80 bits per heavy atom. The van der Waals surface area contributed by atoms with Crippen LogP contribution in [-0.4, -0.2) is 18.2 Å². The van der Waals surface area contributed by atoms with E-state index in [-0.39, 0.29) is 6.10 Å². The number of benzene rings is 1. The second-order valence-corrected chi connectivity index (χ2v) is 4.37. The van der Waals surface area contributed by atoms with Gasteiger partial charge in [-0.1, -0.05) is 24.3 Å². The summed E-state index contributed by atoms with van der Waals surface area (Å²) in [6.45, 7) is 4.06. The molecule has 0 aromatic heterocycles. The molecule has 0 saturated carbocycles. The summed E-state index contributed by atoms with van der Waals surface area (Å²) in [5.74, 6) is 0.703. The van der Waals surface area contributed by atoms with Crippen molar-refractivity contribution in [2.45, 2.75) is 31.8 Å². The van der Waals surface area contributed by atoms with Gasteiger partial charge in [0.1, 0.15) is 0 Å². The first-order chi connectivity index (χ1) is 7.27. The van der Waals surface area contributed by atoms with Gasteiger partial charge in [0, 0.05) is 0 Å². The van der Waals surface area contributed by atoms with E-state index in [2.05, 4.69) is 17.4 Å². The van der Waals surface area contributed by atoms with Crippen LogP contribution in [-0.2, 0) is 0 Å². The molecule has 0 spiro atoms. The number of hydrogen-bond donors (Lipinski definition) is 2. The van der Waals surface area contributed by atoms with E-state index in [0.29, 0.717) is 5.92 Å². The van der Waals surface area contributed by atoms with Gasteiger partial charge in [-0.2, -0.15) is 0 Å². The Bertz CT molecular complexity index is 299. The summed E-state index contributed by atoms with van der Waals surface area (Å²) in [5.41, 5.74) is 2.42. The van der Waals surface area contributed by atoms with Gasteiger partial charge in [-0.3, -0.25) is 0 Å². The minimum absolute atomic E-state index is 0.355. The molecule has 15 heavy (non-hydrogen) atoms. The van der Waals surface area contributed by atoms with Gasteiger partial charge >= 0.3 is 0 Å². The molecule has 1 aromatic rings. The van der Waals surface area contributed by atoms with Crippen LogP contribution in [0.4, 0.5) is 0 Å². The lowest BCUT2D eigenvalue weighted by Crippen LogP contribution is -2.26. The summed E-state index contributed by atoms with van der Waals surface area (Å²) in [7, 11) is 0. The molecule has 1 aliphatic rings. The van der Waals surface area contributed by atoms with Crippen LogP contribution in [0.25, 0.3) is 0 Å². The largest absolute Gasteiger partial charge is 0.389 e. The summed E-state index contributed by atoms with van der Waals surface area (Å²) in [6.07, 6.45) is 2.11. The monoisotopic (exact) mass is 205 g/mol. The predicted molar refractivity (Wildman–Crippen MR) is 61.9 cm³/mol. The second kappa shape index (κ2) is 4.77. The van der Waals surface area contributed by atoms with Crippen LogP contribution in [0.15, 0.2) is 24.3 Å². The van der Waals surface area contributed by atoms with Crippen molar-refractivity contribution in [3.8, 4) is 0 Å². The molecule has 0 aliphatic carbocycles.